The van der Waals surface area contributed by atoms with Crippen LogP contribution in [-0.2, 0) is 18.9 Å². The molecule has 1 atom stereocenters. The zero-order valence-corrected chi connectivity index (χ0v) is 11.9. The van der Waals surface area contributed by atoms with Gasteiger partial charge in [-0.2, -0.15) is 0 Å². The van der Waals surface area contributed by atoms with Gasteiger partial charge in [-0.1, -0.05) is 25.3 Å². The monoisotopic (exact) mass is 266 g/mol. The highest BCUT2D eigenvalue weighted by Crippen LogP contribution is 2.31. The minimum Gasteiger partial charge on any atom is -0.387 e. The maximum Gasteiger partial charge on any atom is 0.111 e. The second kappa shape index (κ2) is 4.78. The summed E-state index contributed by atoms with van der Waals surface area (Å²) < 4.78 is 5.88. The third-order valence-corrected chi connectivity index (χ3v) is 3.65. The first-order chi connectivity index (χ1) is 8.39. The number of aromatic nitrogens is 4. The molecule has 0 saturated heterocycles. The van der Waals surface area contributed by atoms with E-state index in [1.165, 1.54) is 11.5 Å². The number of imidazole rings is 1. The van der Waals surface area contributed by atoms with E-state index < -0.39 is 6.10 Å². The van der Waals surface area contributed by atoms with Gasteiger partial charge >= 0.3 is 0 Å². The van der Waals surface area contributed by atoms with Crippen molar-refractivity contribution in [2.24, 2.45) is 7.05 Å². The molecule has 0 saturated carbocycles. The third kappa shape index (κ3) is 2.59. The number of hydrogen-bond acceptors (Lipinski definition) is 5. The number of rotatable bonds is 3. The molecule has 2 heterocycles. The van der Waals surface area contributed by atoms with E-state index in [1.807, 2.05) is 17.8 Å². The first-order valence-corrected chi connectivity index (χ1v) is 6.64. The Kier molecular flexibility index (Phi) is 3.49. The highest BCUT2D eigenvalue weighted by Gasteiger charge is 2.26. The number of aliphatic hydroxyl groups excluding tert-OH is 1. The summed E-state index contributed by atoms with van der Waals surface area (Å²) >= 11 is 1.26. The van der Waals surface area contributed by atoms with Gasteiger partial charge in [-0.15, -0.1) is 5.10 Å². The van der Waals surface area contributed by atoms with Crippen LogP contribution in [0.15, 0.2) is 12.4 Å². The maximum absolute atomic E-state index is 10.3. The second-order valence-corrected chi connectivity index (χ2v) is 6.20. The summed E-state index contributed by atoms with van der Waals surface area (Å²) in [5.74, 6) is 0.857. The Labute approximate surface area is 111 Å². The lowest BCUT2D eigenvalue weighted by Crippen LogP contribution is -2.17. The van der Waals surface area contributed by atoms with Gasteiger partial charge in [0, 0.05) is 31.3 Å². The Bertz CT molecular complexity index is 526. The molecule has 98 valence electrons. The fourth-order valence-electron chi connectivity index (χ4n) is 1.79. The predicted octanol–water partition coefficient (Wildman–Crippen LogP) is 1.85. The lowest BCUT2D eigenvalue weighted by molar-refractivity contribution is 0.176. The molecule has 18 heavy (non-hydrogen) atoms. The molecular weight excluding hydrogens is 248 g/mol. The Balaban J connectivity index is 2.22. The van der Waals surface area contributed by atoms with E-state index in [2.05, 4.69) is 35.3 Å². The molecule has 0 amide bonds. The number of aryl methyl sites for hydroxylation is 1. The normalized spacial score (nSPS) is 13.8. The van der Waals surface area contributed by atoms with Crippen LogP contribution in [0, 0.1) is 0 Å². The van der Waals surface area contributed by atoms with Crippen molar-refractivity contribution in [3.05, 3.63) is 28.8 Å². The molecule has 0 fully saturated rings. The van der Waals surface area contributed by atoms with Crippen molar-refractivity contribution in [1.82, 2.24) is 19.1 Å². The molecule has 0 aliphatic carbocycles. The third-order valence-electron chi connectivity index (χ3n) is 2.82. The average Bonchev–Trinajstić information content (AvgIpc) is 2.86. The fraction of sp³-hybridized carbons (Fsp3) is 0.583. The molecule has 1 N–H and O–H groups in total. The first kappa shape index (κ1) is 13.2. The molecule has 6 heteroatoms. The molecule has 0 aliphatic rings. The molecular formula is C12H18N4OS. The molecule has 0 aliphatic heterocycles. The lowest BCUT2D eigenvalue weighted by atomic mass is 9.90. The summed E-state index contributed by atoms with van der Waals surface area (Å²) in [6.45, 7) is 6.21. The van der Waals surface area contributed by atoms with E-state index >= 15 is 0 Å². The molecule has 0 spiro atoms. The lowest BCUT2D eigenvalue weighted by Gasteiger charge is -2.18. The van der Waals surface area contributed by atoms with Gasteiger partial charge in [-0.05, 0) is 11.5 Å². The summed E-state index contributed by atoms with van der Waals surface area (Å²) in [5.41, 5.74) is 0.763. The smallest absolute Gasteiger partial charge is 0.111 e. The van der Waals surface area contributed by atoms with Crippen LogP contribution in [0.5, 0.6) is 0 Å². The average molecular weight is 266 g/mol. The Morgan fingerprint density at radius 1 is 1.44 bits per heavy atom. The van der Waals surface area contributed by atoms with Gasteiger partial charge < -0.3 is 9.67 Å². The van der Waals surface area contributed by atoms with E-state index in [9.17, 15) is 5.11 Å². The molecule has 2 aromatic rings. The fourth-order valence-corrected chi connectivity index (χ4v) is 2.64. The number of aliphatic hydroxyl groups is 1. The van der Waals surface area contributed by atoms with Crippen LogP contribution in [0.3, 0.4) is 0 Å². The van der Waals surface area contributed by atoms with Crippen LogP contribution in [-0.4, -0.2) is 24.2 Å². The minimum absolute atomic E-state index is 0.106. The standard InChI is InChI=1S/C12H18N4OS/c1-12(2,3)11-10(18-15-14-11)8(17)7-9-13-5-6-16(9)4/h5-6,8,17H,7H2,1-4H3. The SMILES string of the molecule is Cn1ccnc1CC(O)c1snnc1C(C)(C)C. The van der Waals surface area contributed by atoms with Crippen molar-refractivity contribution >= 4 is 11.5 Å². The maximum atomic E-state index is 10.3. The van der Waals surface area contributed by atoms with Crippen LogP contribution < -0.4 is 0 Å². The predicted molar refractivity (Wildman–Crippen MR) is 70.5 cm³/mol. The van der Waals surface area contributed by atoms with Gasteiger partial charge in [0.1, 0.15) is 5.82 Å². The molecule has 5 nitrogen and oxygen atoms in total. The van der Waals surface area contributed by atoms with Crippen LogP contribution in [0.1, 0.15) is 43.3 Å². The van der Waals surface area contributed by atoms with Gasteiger partial charge in [0.2, 0.25) is 0 Å². The summed E-state index contributed by atoms with van der Waals surface area (Å²) in [6, 6.07) is 0. The van der Waals surface area contributed by atoms with E-state index in [0.717, 1.165) is 16.4 Å². The van der Waals surface area contributed by atoms with E-state index in [-0.39, 0.29) is 5.41 Å². The van der Waals surface area contributed by atoms with Gasteiger partial charge in [0.05, 0.1) is 16.7 Å². The van der Waals surface area contributed by atoms with E-state index in [4.69, 9.17) is 0 Å². The van der Waals surface area contributed by atoms with Crippen molar-refractivity contribution < 1.29 is 5.11 Å². The van der Waals surface area contributed by atoms with Crippen molar-refractivity contribution in [1.29, 1.82) is 0 Å². The van der Waals surface area contributed by atoms with Gasteiger partial charge in [-0.25, -0.2) is 4.98 Å². The quantitative estimate of drug-likeness (QED) is 0.920. The molecule has 0 radical (unpaired) electrons. The summed E-state index contributed by atoms with van der Waals surface area (Å²) in [4.78, 5) is 5.06. The topological polar surface area (TPSA) is 63.8 Å². The minimum atomic E-state index is -0.597. The highest BCUT2D eigenvalue weighted by molar-refractivity contribution is 7.05. The van der Waals surface area contributed by atoms with Crippen molar-refractivity contribution in [2.45, 2.75) is 38.7 Å². The van der Waals surface area contributed by atoms with Gasteiger partial charge in [-0.3, -0.25) is 0 Å². The summed E-state index contributed by atoms with van der Waals surface area (Å²) in [5, 5.41) is 14.5. The van der Waals surface area contributed by atoms with Crippen LogP contribution in [0.25, 0.3) is 0 Å². The molecule has 2 rings (SSSR count). The Hall–Kier alpha value is -1.27. The number of hydrogen-bond donors (Lipinski definition) is 1. The Morgan fingerprint density at radius 3 is 2.72 bits per heavy atom. The van der Waals surface area contributed by atoms with E-state index in [1.54, 1.807) is 6.20 Å². The zero-order valence-electron chi connectivity index (χ0n) is 11.1. The second-order valence-electron chi connectivity index (χ2n) is 5.41. The highest BCUT2D eigenvalue weighted by atomic mass is 32.1. The van der Waals surface area contributed by atoms with Gasteiger partial charge in [0.15, 0.2) is 0 Å². The number of nitrogens with zero attached hydrogens (tertiary/aromatic N) is 4. The van der Waals surface area contributed by atoms with Gasteiger partial charge in [0.25, 0.3) is 0 Å². The van der Waals surface area contributed by atoms with Crippen LogP contribution in [0.4, 0.5) is 0 Å². The van der Waals surface area contributed by atoms with Crippen molar-refractivity contribution in [2.75, 3.05) is 0 Å². The molecule has 0 bridgehead atoms. The van der Waals surface area contributed by atoms with E-state index in [0.29, 0.717) is 6.42 Å². The van der Waals surface area contributed by atoms with Crippen molar-refractivity contribution in [3.8, 4) is 0 Å². The Morgan fingerprint density at radius 2 is 2.17 bits per heavy atom. The molecule has 0 aromatic carbocycles. The van der Waals surface area contributed by atoms with Crippen LogP contribution in [0.2, 0.25) is 0 Å². The largest absolute Gasteiger partial charge is 0.387 e. The van der Waals surface area contributed by atoms with Crippen LogP contribution >= 0.6 is 11.5 Å². The molecule has 2 aromatic heterocycles. The summed E-state index contributed by atoms with van der Waals surface area (Å²) in [6.07, 6.45) is 3.49. The van der Waals surface area contributed by atoms with Crippen molar-refractivity contribution in [3.63, 3.8) is 0 Å². The first-order valence-electron chi connectivity index (χ1n) is 5.86. The summed E-state index contributed by atoms with van der Waals surface area (Å²) in [7, 11) is 1.92. The molecule has 1 unspecified atom stereocenters. The zero-order chi connectivity index (χ0) is 13.3.